The second-order valence-electron chi connectivity index (χ2n) is 8.75. The molecule has 5 nitrogen and oxygen atoms in total. The van der Waals surface area contributed by atoms with Gasteiger partial charge in [-0.25, -0.2) is 9.59 Å². The smallest absolute Gasteiger partial charge is 0.341 e. The number of benzene rings is 1. The second kappa shape index (κ2) is 7.48. The van der Waals surface area contributed by atoms with Crippen molar-refractivity contribution < 1.29 is 19.1 Å². The van der Waals surface area contributed by atoms with Crippen molar-refractivity contribution in [2.24, 2.45) is 11.3 Å². The predicted octanol–water partition coefficient (Wildman–Crippen LogP) is 5.36. The Morgan fingerprint density at radius 3 is 2.79 bits per heavy atom. The van der Waals surface area contributed by atoms with E-state index in [-0.39, 0.29) is 17.4 Å². The van der Waals surface area contributed by atoms with Crippen LogP contribution >= 0.6 is 11.3 Å². The Morgan fingerprint density at radius 2 is 2.07 bits per heavy atom. The minimum atomic E-state index is -0.592. The van der Waals surface area contributed by atoms with Gasteiger partial charge >= 0.3 is 11.9 Å². The SMILES string of the molecule is CCOC(=O)c1c(NC2OC(=O)c3ccccc32)sc2c1CCC(C(C)(C)C)C2. The standard InChI is InChI=1S/C23H27NO4S/c1-5-27-22(26)18-16-11-10-13(23(2,3)4)12-17(16)29-20(18)24-19-14-8-6-7-9-15(14)21(25)28-19/h6-9,13,19,24H,5,10-12H2,1-4H3. The van der Waals surface area contributed by atoms with Crippen LogP contribution in [0.5, 0.6) is 0 Å². The fourth-order valence-electron chi connectivity index (χ4n) is 4.22. The van der Waals surface area contributed by atoms with Crippen molar-refractivity contribution in [3.8, 4) is 0 Å². The van der Waals surface area contributed by atoms with Crippen molar-refractivity contribution in [2.75, 3.05) is 11.9 Å². The average Bonchev–Trinajstić information content (AvgIpc) is 3.19. The van der Waals surface area contributed by atoms with Crippen molar-refractivity contribution in [3.05, 3.63) is 51.4 Å². The van der Waals surface area contributed by atoms with Gasteiger partial charge in [-0.1, -0.05) is 39.0 Å². The topological polar surface area (TPSA) is 64.6 Å². The molecular weight excluding hydrogens is 386 g/mol. The molecule has 1 aromatic carbocycles. The number of carbonyl (C=O) groups is 2. The highest BCUT2D eigenvalue weighted by atomic mass is 32.1. The van der Waals surface area contributed by atoms with Crippen molar-refractivity contribution in [2.45, 2.75) is 53.2 Å². The highest BCUT2D eigenvalue weighted by molar-refractivity contribution is 7.16. The molecule has 2 aliphatic rings. The number of rotatable bonds is 4. The fourth-order valence-corrected chi connectivity index (χ4v) is 5.55. The van der Waals surface area contributed by atoms with E-state index < -0.39 is 6.23 Å². The van der Waals surface area contributed by atoms with E-state index >= 15 is 0 Å². The average molecular weight is 414 g/mol. The first-order valence-electron chi connectivity index (χ1n) is 10.2. The van der Waals surface area contributed by atoms with Gasteiger partial charge in [0.15, 0.2) is 0 Å². The third-order valence-electron chi connectivity index (χ3n) is 5.92. The molecule has 4 rings (SSSR count). The Hall–Kier alpha value is -2.34. The van der Waals surface area contributed by atoms with Crippen LogP contribution < -0.4 is 5.32 Å². The number of ether oxygens (including phenoxy) is 2. The van der Waals surface area contributed by atoms with E-state index in [4.69, 9.17) is 9.47 Å². The molecule has 0 saturated carbocycles. The molecule has 1 aromatic heterocycles. The number of thiophene rings is 1. The van der Waals surface area contributed by atoms with E-state index in [9.17, 15) is 9.59 Å². The molecule has 0 saturated heterocycles. The highest BCUT2D eigenvalue weighted by Gasteiger charge is 2.36. The fraction of sp³-hybridized carbons (Fsp3) is 0.478. The predicted molar refractivity (Wildman–Crippen MR) is 113 cm³/mol. The molecule has 0 amide bonds. The summed E-state index contributed by atoms with van der Waals surface area (Å²) in [6.45, 7) is 8.97. The number of nitrogens with one attached hydrogen (secondary N) is 1. The maximum Gasteiger partial charge on any atom is 0.341 e. The van der Waals surface area contributed by atoms with E-state index in [0.717, 1.165) is 35.4 Å². The van der Waals surface area contributed by atoms with Gasteiger partial charge in [0.1, 0.15) is 5.00 Å². The maximum absolute atomic E-state index is 12.8. The summed E-state index contributed by atoms with van der Waals surface area (Å²) in [5.74, 6) is -0.0780. The lowest BCUT2D eigenvalue weighted by Gasteiger charge is -2.33. The van der Waals surface area contributed by atoms with Crippen LogP contribution in [0.4, 0.5) is 5.00 Å². The first-order valence-corrected chi connectivity index (χ1v) is 11.0. The van der Waals surface area contributed by atoms with E-state index in [2.05, 4.69) is 26.1 Å². The Bertz CT molecular complexity index is 956. The number of fused-ring (bicyclic) bond motifs is 2. The third-order valence-corrected chi connectivity index (χ3v) is 7.11. The van der Waals surface area contributed by atoms with Crippen LogP contribution in [0.2, 0.25) is 0 Å². The molecule has 29 heavy (non-hydrogen) atoms. The first-order chi connectivity index (χ1) is 13.8. The number of hydrogen-bond acceptors (Lipinski definition) is 6. The largest absolute Gasteiger partial charge is 0.462 e. The van der Waals surface area contributed by atoms with E-state index in [1.165, 1.54) is 4.88 Å². The van der Waals surface area contributed by atoms with Crippen LogP contribution in [0.3, 0.4) is 0 Å². The minimum Gasteiger partial charge on any atom is -0.462 e. The van der Waals surface area contributed by atoms with Gasteiger partial charge in [0, 0.05) is 10.4 Å². The molecule has 0 spiro atoms. The lowest BCUT2D eigenvalue weighted by Crippen LogP contribution is -2.26. The number of anilines is 1. The molecule has 0 fully saturated rings. The van der Waals surface area contributed by atoms with E-state index in [1.54, 1.807) is 17.4 Å². The molecule has 2 atom stereocenters. The minimum absolute atomic E-state index is 0.222. The van der Waals surface area contributed by atoms with E-state index in [1.807, 2.05) is 25.1 Å². The third kappa shape index (κ3) is 3.66. The summed E-state index contributed by atoms with van der Waals surface area (Å²) in [6, 6.07) is 7.35. The summed E-state index contributed by atoms with van der Waals surface area (Å²) in [5, 5.41) is 4.05. The van der Waals surface area contributed by atoms with Gasteiger partial charge in [0.05, 0.1) is 17.7 Å². The van der Waals surface area contributed by atoms with Gasteiger partial charge in [0.25, 0.3) is 0 Å². The van der Waals surface area contributed by atoms with Crippen LogP contribution in [0, 0.1) is 11.3 Å². The van der Waals surface area contributed by atoms with Gasteiger partial charge in [0.2, 0.25) is 6.23 Å². The van der Waals surface area contributed by atoms with Crippen LogP contribution in [-0.2, 0) is 22.3 Å². The number of carbonyl (C=O) groups excluding carboxylic acids is 2. The Kier molecular flexibility index (Phi) is 5.15. The summed E-state index contributed by atoms with van der Waals surface area (Å²) in [5.41, 5.74) is 3.29. The molecule has 1 aliphatic carbocycles. The molecule has 6 heteroatoms. The maximum atomic E-state index is 12.8. The van der Waals surface area contributed by atoms with Crippen molar-refractivity contribution in [1.29, 1.82) is 0 Å². The lowest BCUT2D eigenvalue weighted by molar-refractivity contribution is 0.0437. The summed E-state index contributed by atoms with van der Waals surface area (Å²) < 4.78 is 10.9. The van der Waals surface area contributed by atoms with Crippen LogP contribution in [-0.4, -0.2) is 18.5 Å². The van der Waals surface area contributed by atoms with Gasteiger partial charge in [-0.2, -0.15) is 0 Å². The Morgan fingerprint density at radius 1 is 1.31 bits per heavy atom. The van der Waals surface area contributed by atoms with Gasteiger partial charge in [-0.15, -0.1) is 11.3 Å². The zero-order valence-electron chi connectivity index (χ0n) is 17.3. The number of hydrogen-bond donors (Lipinski definition) is 1. The van der Waals surface area contributed by atoms with Crippen molar-refractivity contribution in [1.82, 2.24) is 0 Å². The number of cyclic esters (lactones) is 1. The molecule has 2 heterocycles. The zero-order chi connectivity index (χ0) is 20.8. The second-order valence-corrected chi connectivity index (χ2v) is 9.86. The monoisotopic (exact) mass is 413 g/mol. The molecule has 2 aromatic rings. The molecule has 0 radical (unpaired) electrons. The summed E-state index contributed by atoms with van der Waals surface area (Å²) in [7, 11) is 0. The molecular formula is C23H27NO4S. The van der Waals surface area contributed by atoms with Crippen LogP contribution in [0.25, 0.3) is 0 Å². The zero-order valence-corrected chi connectivity index (χ0v) is 18.2. The van der Waals surface area contributed by atoms with E-state index in [0.29, 0.717) is 23.7 Å². The van der Waals surface area contributed by atoms with Gasteiger partial charge in [-0.3, -0.25) is 0 Å². The van der Waals surface area contributed by atoms with Crippen molar-refractivity contribution in [3.63, 3.8) is 0 Å². The molecule has 1 N–H and O–H groups in total. The highest BCUT2D eigenvalue weighted by Crippen LogP contribution is 2.46. The van der Waals surface area contributed by atoms with Gasteiger partial charge < -0.3 is 14.8 Å². The number of esters is 2. The summed E-state index contributed by atoms with van der Waals surface area (Å²) in [4.78, 5) is 26.2. The van der Waals surface area contributed by atoms with Gasteiger partial charge in [-0.05, 0) is 49.1 Å². The quantitative estimate of drug-likeness (QED) is 0.684. The lowest BCUT2D eigenvalue weighted by atomic mass is 9.72. The Labute approximate surface area is 175 Å². The molecule has 154 valence electrons. The normalized spacial score (nSPS) is 20.6. The first kappa shape index (κ1) is 20.0. The Balaban J connectivity index is 1.69. The molecule has 2 unspecified atom stereocenters. The summed E-state index contributed by atoms with van der Waals surface area (Å²) in [6.07, 6.45) is 2.29. The van der Waals surface area contributed by atoms with Crippen molar-refractivity contribution >= 4 is 28.3 Å². The molecule has 0 bridgehead atoms. The molecule has 1 aliphatic heterocycles. The van der Waals surface area contributed by atoms with Crippen LogP contribution in [0.1, 0.15) is 77.1 Å². The summed E-state index contributed by atoms with van der Waals surface area (Å²) >= 11 is 1.60. The van der Waals surface area contributed by atoms with Crippen LogP contribution in [0.15, 0.2) is 24.3 Å².